The predicted octanol–water partition coefficient (Wildman–Crippen LogP) is 5.29. The van der Waals surface area contributed by atoms with Crippen LogP contribution in [0.2, 0.25) is 0 Å². The maximum atomic E-state index is 13.6. The van der Waals surface area contributed by atoms with Crippen LogP contribution in [0.5, 0.6) is 0 Å². The molecule has 0 N–H and O–H groups in total. The number of rotatable bonds is 4. The predicted molar refractivity (Wildman–Crippen MR) is 110 cm³/mol. The lowest BCUT2D eigenvalue weighted by Gasteiger charge is -2.33. The lowest BCUT2D eigenvalue weighted by atomic mass is 9.90. The number of aromatic nitrogens is 2. The minimum absolute atomic E-state index is 0.0102. The fourth-order valence-corrected chi connectivity index (χ4v) is 4.20. The highest BCUT2D eigenvalue weighted by molar-refractivity contribution is 5.83. The van der Waals surface area contributed by atoms with Crippen molar-refractivity contribution >= 4 is 17.0 Å². The van der Waals surface area contributed by atoms with E-state index in [4.69, 9.17) is 4.52 Å². The second-order valence-electron chi connectivity index (χ2n) is 8.12. The van der Waals surface area contributed by atoms with Gasteiger partial charge >= 0.3 is 0 Å². The summed E-state index contributed by atoms with van der Waals surface area (Å²) in [5.74, 6) is -0.102. The third-order valence-electron chi connectivity index (χ3n) is 6.08. The molecule has 4 rings (SSSR count). The molecule has 1 amide bonds. The summed E-state index contributed by atoms with van der Waals surface area (Å²) < 4.78 is 32.3. The zero-order valence-corrected chi connectivity index (χ0v) is 17.4. The van der Waals surface area contributed by atoms with Crippen LogP contribution in [0.3, 0.4) is 0 Å². The van der Waals surface area contributed by atoms with Gasteiger partial charge in [0.1, 0.15) is 0 Å². The van der Waals surface area contributed by atoms with E-state index < -0.39 is 6.43 Å². The molecule has 3 aromatic rings. The van der Waals surface area contributed by atoms with E-state index in [0.717, 1.165) is 11.1 Å². The van der Waals surface area contributed by atoms with Crippen molar-refractivity contribution in [3.8, 4) is 0 Å². The summed E-state index contributed by atoms with van der Waals surface area (Å²) in [5.41, 5.74) is 3.25. The van der Waals surface area contributed by atoms with Crippen LogP contribution < -0.4 is 0 Å². The molecule has 2 aromatic heterocycles. The maximum absolute atomic E-state index is 13.6. The number of pyridine rings is 1. The molecule has 1 aromatic carbocycles. The average molecular weight is 413 g/mol. The number of aryl methyl sites for hydroxylation is 2. The molecule has 5 nitrogen and oxygen atoms in total. The third kappa shape index (κ3) is 3.80. The van der Waals surface area contributed by atoms with Gasteiger partial charge in [0.05, 0.1) is 17.0 Å². The largest absolute Gasteiger partial charge is 0.342 e. The Morgan fingerprint density at radius 2 is 1.83 bits per heavy atom. The Morgan fingerprint density at radius 1 is 1.17 bits per heavy atom. The first-order valence-corrected chi connectivity index (χ1v) is 10.3. The molecule has 1 aliphatic heterocycles. The Morgan fingerprint density at radius 3 is 2.47 bits per heavy atom. The van der Waals surface area contributed by atoms with Crippen LogP contribution in [0.25, 0.3) is 11.1 Å². The van der Waals surface area contributed by atoms with Crippen molar-refractivity contribution in [1.29, 1.82) is 0 Å². The van der Waals surface area contributed by atoms with Gasteiger partial charge in [-0.2, -0.15) is 0 Å². The van der Waals surface area contributed by atoms with E-state index in [-0.39, 0.29) is 29.0 Å². The van der Waals surface area contributed by atoms with E-state index in [1.165, 1.54) is 6.07 Å². The quantitative estimate of drug-likeness (QED) is 0.583. The first-order chi connectivity index (χ1) is 14.3. The van der Waals surface area contributed by atoms with Gasteiger partial charge in [0, 0.05) is 30.3 Å². The molecule has 3 heterocycles. The molecule has 30 heavy (non-hydrogen) atoms. The summed E-state index contributed by atoms with van der Waals surface area (Å²) in [4.78, 5) is 19.3. The molecule has 0 aliphatic carbocycles. The van der Waals surface area contributed by atoms with E-state index in [9.17, 15) is 13.6 Å². The molecule has 0 saturated carbocycles. The minimum atomic E-state index is -2.62. The van der Waals surface area contributed by atoms with Gasteiger partial charge in [0.2, 0.25) is 5.91 Å². The monoisotopic (exact) mass is 413 g/mol. The fourth-order valence-electron chi connectivity index (χ4n) is 4.20. The number of carbonyl (C=O) groups excluding carboxylic acids is 1. The van der Waals surface area contributed by atoms with E-state index in [0.29, 0.717) is 42.7 Å². The highest BCUT2D eigenvalue weighted by atomic mass is 19.3. The second kappa shape index (κ2) is 8.13. The van der Waals surface area contributed by atoms with Gasteiger partial charge in [-0.1, -0.05) is 35.0 Å². The summed E-state index contributed by atoms with van der Waals surface area (Å²) in [6.07, 6.45) is -1.26. The molecular formula is C23H25F2N3O2. The number of hydrogen-bond donors (Lipinski definition) is 0. The van der Waals surface area contributed by atoms with Gasteiger partial charge in [-0.15, -0.1) is 0 Å². The number of amides is 1. The van der Waals surface area contributed by atoms with Crippen LogP contribution in [0.1, 0.15) is 66.1 Å². The SMILES string of the molecule is Cc1ccc(C(C)C(=O)N2CCC(c3cc(C(F)F)c4c(C)noc4n3)CC2)cc1. The Balaban J connectivity index is 1.48. The van der Waals surface area contributed by atoms with Gasteiger partial charge in [-0.05, 0) is 45.2 Å². The maximum Gasteiger partial charge on any atom is 0.264 e. The summed E-state index contributed by atoms with van der Waals surface area (Å²) in [7, 11) is 0. The first-order valence-electron chi connectivity index (χ1n) is 10.3. The molecule has 1 aliphatic rings. The molecule has 0 radical (unpaired) electrons. The number of hydrogen-bond acceptors (Lipinski definition) is 4. The minimum Gasteiger partial charge on any atom is -0.342 e. The lowest BCUT2D eigenvalue weighted by Crippen LogP contribution is -2.40. The molecule has 1 unspecified atom stereocenters. The molecule has 0 spiro atoms. The van der Waals surface area contributed by atoms with E-state index in [2.05, 4.69) is 10.1 Å². The van der Waals surface area contributed by atoms with Gasteiger partial charge in [0.15, 0.2) is 0 Å². The van der Waals surface area contributed by atoms with Crippen LogP contribution in [0.15, 0.2) is 34.9 Å². The molecule has 158 valence electrons. The number of carbonyl (C=O) groups is 1. The van der Waals surface area contributed by atoms with Crippen LogP contribution in [-0.4, -0.2) is 34.0 Å². The van der Waals surface area contributed by atoms with Crippen LogP contribution in [0.4, 0.5) is 8.78 Å². The lowest BCUT2D eigenvalue weighted by molar-refractivity contribution is -0.133. The number of benzene rings is 1. The van der Waals surface area contributed by atoms with Crippen molar-refractivity contribution in [2.75, 3.05) is 13.1 Å². The molecule has 1 saturated heterocycles. The van der Waals surface area contributed by atoms with Crippen molar-refractivity contribution in [3.05, 3.63) is 58.4 Å². The Bertz CT molecular complexity index is 1050. The zero-order chi connectivity index (χ0) is 21.4. The number of nitrogens with zero attached hydrogens (tertiary/aromatic N) is 3. The highest BCUT2D eigenvalue weighted by Gasteiger charge is 2.29. The van der Waals surface area contributed by atoms with Gasteiger partial charge < -0.3 is 9.42 Å². The molecular weight excluding hydrogens is 388 g/mol. The first kappa shape index (κ1) is 20.4. The summed E-state index contributed by atoms with van der Waals surface area (Å²) in [6.45, 7) is 6.75. The number of piperidine rings is 1. The topological polar surface area (TPSA) is 59.2 Å². The Hall–Kier alpha value is -2.83. The smallest absolute Gasteiger partial charge is 0.264 e. The van der Waals surface area contributed by atoms with Crippen molar-refractivity contribution in [2.45, 2.75) is 51.9 Å². The van der Waals surface area contributed by atoms with Gasteiger partial charge in [-0.25, -0.2) is 13.8 Å². The summed E-state index contributed by atoms with van der Waals surface area (Å²) in [5, 5.41) is 4.09. The van der Waals surface area contributed by atoms with Crippen molar-refractivity contribution in [3.63, 3.8) is 0 Å². The number of likely N-dealkylation sites (tertiary alicyclic amines) is 1. The van der Waals surface area contributed by atoms with E-state index in [1.807, 2.05) is 43.0 Å². The van der Waals surface area contributed by atoms with E-state index >= 15 is 0 Å². The number of alkyl halides is 2. The van der Waals surface area contributed by atoms with Crippen molar-refractivity contribution in [2.24, 2.45) is 0 Å². The molecule has 0 bridgehead atoms. The zero-order valence-electron chi connectivity index (χ0n) is 17.4. The molecule has 1 fully saturated rings. The summed E-state index contributed by atoms with van der Waals surface area (Å²) in [6, 6.07) is 9.50. The highest BCUT2D eigenvalue weighted by Crippen LogP contribution is 2.35. The second-order valence-corrected chi connectivity index (χ2v) is 8.12. The molecule has 7 heteroatoms. The fraction of sp³-hybridized carbons (Fsp3) is 0.435. The van der Waals surface area contributed by atoms with Crippen molar-refractivity contribution in [1.82, 2.24) is 15.0 Å². The Kier molecular flexibility index (Phi) is 5.54. The van der Waals surface area contributed by atoms with Gasteiger partial charge in [-0.3, -0.25) is 4.79 Å². The molecule has 1 atom stereocenters. The number of fused-ring (bicyclic) bond motifs is 1. The normalized spacial score (nSPS) is 16.4. The standard InChI is InChI=1S/C23H25F2N3O2/c1-13-4-6-16(7-5-13)14(2)23(29)28-10-8-17(9-11-28)19-12-18(21(24)25)20-15(3)27-30-22(20)26-19/h4-7,12,14,17,21H,8-11H2,1-3H3. The van der Waals surface area contributed by atoms with Gasteiger partial charge in [0.25, 0.3) is 12.1 Å². The Labute approximate surface area is 174 Å². The van der Waals surface area contributed by atoms with E-state index in [1.54, 1.807) is 6.92 Å². The third-order valence-corrected chi connectivity index (χ3v) is 6.08. The summed E-state index contributed by atoms with van der Waals surface area (Å²) >= 11 is 0. The number of halogens is 2. The van der Waals surface area contributed by atoms with Crippen LogP contribution in [0, 0.1) is 13.8 Å². The average Bonchev–Trinajstić information content (AvgIpc) is 3.13. The van der Waals surface area contributed by atoms with Crippen LogP contribution >= 0.6 is 0 Å². The van der Waals surface area contributed by atoms with Crippen molar-refractivity contribution < 1.29 is 18.1 Å². The van der Waals surface area contributed by atoms with Crippen LogP contribution in [-0.2, 0) is 4.79 Å².